The molecular weight excluding hydrogens is 423 g/mol. The highest BCUT2D eigenvalue weighted by Gasteiger charge is 2.19. The van der Waals surface area contributed by atoms with Gasteiger partial charge in [0.25, 0.3) is 0 Å². The van der Waals surface area contributed by atoms with Crippen LogP contribution in [-0.2, 0) is 12.0 Å². The Kier molecular flexibility index (Phi) is 8.74. The van der Waals surface area contributed by atoms with E-state index in [0.29, 0.717) is 17.7 Å². The summed E-state index contributed by atoms with van der Waals surface area (Å²) in [5.41, 5.74) is -0.0165. The average molecular weight is 452 g/mol. The predicted octanol–water partition coefficient (Wildman–Crippen LogP) is 3.54. The molecule has 2 heterocycles. The van der Waals surface area contributed by atoms with E-state index < -0.39 is 0 Å². The lowest BCUT2D eigenvalue weighted by Crippen LogP contribution is -2.40. The molecule has 1 aromatic rings. The van der Waals surface area contributed by atoms with Gasteiger partial charge in [-0.3, -0.25) is 0 Å². The van der Waals surface area contributed by atoms with E-state index in [9.17, 15) is 0 Å². The molecule has 1 atom stereocenters. The molecule has 0 radical (unpaired) electrons. The summed E-state index contributed by atoms with van der Waals surface area (Å²) in [6.07, 6.45) is 4.43. The molecule has 5 nitrogen and oxygen atoms in total. The van der Waals surface area contributed by atoms with Crippen LogP contribution in [0.5, 0.6) is 0 Å². The van der Waals surface area contributed by atoms with E-state index in [-0.39, 0.29) is 29.4 Å². The fourth-order valence-electron chi connectivity index (χ4n) is 2.23. The quantitative estimate of drug-likeness (QED) is 0.407. The van der Waals surface area contributed by atoms with Gasteiger partial charge in [0.1, 0.15) is 12.3 Å². The minimum absolute atomic E-state index is 0. The van der Waals surface area contributed by atoms with Gasteiger partial charge in [0.2, 0.25) is 5.89 Å². The van der Waals surface area contributed by atoms with Crippen molar-refractivity contribution in [2.75, 3.05) is 18.8 Å². The summed E-state index contributed by atoms with van der Waals surface area (Å²) >= 11 is 2.05. The van der Waals surface area contributed by atoms with Crippen molar-refractivity contribution in [1.82, 2.24) is 15.6 Å². The first kappa shape index (κ1) is 20.6. The fourth-order valence-corrected chi connectivity index (χ4v) is 3.44. The highest BCUT2D eigenvalue weighted by atomic mass is 127. The van der Waals surface area contributed by atoms with Crippen LogP contribution in [0.25, 0.3) is 0 Å². The second-order valence-corrected chi connectivity index (χ2v) is 7.99. The summed E-state index contributed by atoms with van der Waals surface area (Å²) in [7, 11) is 0. The van der Waals surface area contributed by atoms with Gasteiger partial charge in [-0.2, -0.15) is 11.8 Å². The molecule has 1 aliphatic rings. The lowest BCUT2D eigenvalue weighted by atomic mass is 9.94. The number of thioether (sulfide) groups is 1. The summed E-state index contributed by atoms with van der Waals surface area (Å²) in [4.78, 5) is 8.89. The Bertz CT molecular complexity index is 493. The van der Waals surface area contributed by atoms with E-state index in [2.05, 4.69) is 48.3 Å². The first-order valence-electron chi connectivity index (χ1n) is 8.08. The van der Waals surface area contributed by atoms with Crippen LogP contribution in [0.15, 0.2) is 15.6 Å². The molecule has 1 fully saturated rings. The Labute approximate surface area is 160 Å². The summed E-state index contributed by atoms with van der Waals surface area (Å²) in [5.74, 6) is 3.69. The van der Waals surface area contributed by atoms with E-state index in [1.54, 1.807) is 6.20 Å². The van der Waals surface area contributed by atoms with Crippen molar-refractivity contribution in [3.8, 4) is 0 Å². The maximum atomic E-state index is 5.78. The SMILES string of the molecule is CCNC(=NCc1ncc(C(C)(C)C)o1)NCC1CCCS1.I. The fraction of sp³-hybridized carbons (Fsp3) is 0.750. The largest absolute Gasteiger partial charge is 0.443 e. The van der Waals surface area contributed by atoms with Crippen LogP contribution >= 0.6 is 35.7 Å². The molecule has 2 N–H and O–H groups in total. The third kappa shape index (κ3) is 6.91. The molecule has 0 aliphatic carbocycles. The summed E-state index contributed by atoms with van der Waals surface area (Å²) in [6.45, 7) is 10.7. The highest BCUT2D eigenvalue weighted by Crippen LogP contribution is 2.25. The van der Waals surface area contributed by atoms with Crippen LogP contribution in [-0.4, -0.2) is 35.0 Å². The van der Waals surface area contributed by atoms with Crippen LogP contribution in [0.3, 0.4) is 0 Å². The Morgan fingerprint density at radius 3 is 2.78 bits per heavy atom. The molecule has 0 bridgehead atoms. The molecule has 7 heteroatoms. The number of nitrogens with one attached hydrogen (secondary N) is 2. The van der Waals surface area contributed by atoms with Crippen LogP contribution in [0, 0.1) is 0 Å². The van der Waals surface area contributed by atoms with Crippen molar-refractivity contribution in [3.05, 3.63) is 17.8 Å². The zero-order chi connectivity index (χ0) is 16.0. The predicted molar refractivity (Wildman–Crippen MR) is 109 cm³/mol. The maximum Gasteiger partial charge on any atom is 0.216 e. The van der Waals surface area contributed by atoms with Gasteiger partial charge in [-0.25, -0.2) is 9.98 Å². The zero-order valence-electron chi connectivity index (χ0n) is 14.5. The van der Waals surface area contributed by atoms with Gasteiger partial charge in [0.15, 0.2) is 5.96 Å². The molecule has 1 saturated heterocycles. The smallest absolute Gasteiger partial charge is 0.216 e. The van der Waals surface area contributed by atoms with Crippen LogP contribution in [0.4, 0.5) is 0 Å². The molecular formula is C16H29IN4OS. The van der Waals surface area contributed by atoms with E-state index in [1.807, 2.05) is 11.8 Å². The van der Waals surface area contributed by atoms with Crippen LogP contribution in [0.1, 0.15) is 52.2 Å². The normalized spacial score (nSPS) is 18.6. The van der Waals surface area contributed by atoms with Gasteiger partial charge < -0.3 is 15.1 Å². The second kappa shape index (κ2) is 9.76. The minimum Gasteiger partial charge on any atom is -0.443 e. The Morgan fingerprint density at radius 2 is 2.22 bits per heavy atom. The molecule has 132 valence electrons. The number of hydrogen-bond donors (Lipinski definition) is 2. The first-order valence-corrected chi connectivity index (χ1v) is 9.13. The average Bonchev–Trinajstić information content (AvgIpc) is 3.12. The van der Waals surface area contributed by atoms with E-state index in [0.717, 1.165) is 24.8 Å². The monoisotopic (exact) mass is 452 g/mol. The summed E-state index contributed by atoms with van der Waals surface area (Å²) in [5, 5.41) is 7.40. The minimum atomic E-state index is -0.0165. The van der Waals surface area contributed by atoms with Crippen molar-refractivity contribution >= 4 is 41.7 Å². The standard InChI is InChI=1S/C16H28N4OS.HI/c1-5-17-15(19-9-12-7-6-8-22-12)20-11-14-18-10-13(21-14)16(2,3)4;/h10,12H,5-9,11H2,1-4H3,(H2,17,19,20);1H. The lowest BCUT2D eigenvalue weighted by molar-refractivity contribution is 0.383. The number of oxazole rings is 1. The molecule has 1 unspecified atom stereocenters. The van der Waals surface area contributed by atoms with Crippen molar-refractivity contribution < 1.29 is 4.42 Å². The third-order valence-electron chi connectivity index (χ3n) is 3.53. The van der Waals surface area contributed by atoms with Crippen molar-refractivity contribution in [2.45, 2.75) is 57.7 Å². The van der Waals surface area contributed by atoms with Crippen LogP contribution in [0.2, 0.25) is 0 Å². The second-order valence-electron chi connectivity index (χ2n) is 6.58. The van der Waals surface area contributed by atoms with Gasteiger partial charge in [-0.15, -0.1) is 24.0 Å². The van der Waals surface area contributed by atoms with E-state index >= 15 is 0 Å². The number of aliphatic imine (C=N–C) groups is 1. The number of halogens is 1. The van der Waals surface area contributed by atoms with Crippen molar-refractivity contribution in [1.29, 1.82) is 0 Å². The molecule has 23 heavy (non-hydrogen) atoms. The maximum absolute atomic E-state index is 5.78. The lowest BCUT2D eigenvalue weighted by Gasteiger charge is -2.14. The molecule has 1 aromatic heterocycles. The van der Waals surface area contributed by atoms with Gasteiger partial charge in [-0.05, 0) is 25.5 Å². The highest BCUT2D eigenvalue weighted by molar-refractivity contribution is 14.0. The Balaban J connectivity index is 0.00000264. The number of hydrogen-bond acceptors (Lipinski definition) is 4. The van der Waals surface area contributed by atoms with Crippen molar-refractivity contribution in [3.63, 3.8) is 0 Å². The molecule has 0 amide bonds. The van der Waals surface area contributed by atoms with E-state index in [4.69, 9.17) is 4.42 Å². The summed E-state index contributed by atoms with van der Waals surface area (Å²) < 4.78 is 5.78. The number of guanidine groups is 1. The molecule has 2 rings (SSSR count). The Hall–Kier alpha value is -0.440. The Morgan fingerprint density at radius 1 is 1.43 bits per heavy atom. The topological polar surface area (TPSA) is 62.5 Å². The van der Waals surface area contributed by atoms with E-state index in [1.165, 1.54) is 18.6 Å². The molecule has 0 spiro atoms. The number of rotatable bonds is 5. The number of aromatic nitrogens is 1. The van der Waals surface area contributed by atoms with Crippen LogP contribution < -0.4 is 10.6 Å². The van der Waals surface area contributed by atoms with Crippen molar-refractivity contribution in [2.24, 2.45) is 4.99 Å². The molecule has 0 aromatic carbocycles. The molecule has 1 aliphatic heterocycles. The van der Waals surface area contributed by atoms with Gasteiger partial charge in [-0.1, -0.05) is 20.8 Å². The summed E-state index contributed by atoms with van der Waals surface area (Å²) in [6, 6.07) is 0. The first-order chi connectivity index (χ1) is 10.5. The van der Waals surface area contributed by atoms with Gasteiger partial charge in [0, 0.05) is 23.8 Å². The van der Waals surface area contributed by atoms with Gasteiger partial charge in [0.05, 0.1) is 6.20 Å². The zero-order valence-corrected chi connectivity index (χ0v) is 17.7. The molecule has 0 saturated carbocycles. The number of nitrogens with zero attached hydrogens (tertiary/aromatic N) is 2. The van der Waals surface area contributed by atoms with Gasteiger partial charge >= 0.3 is 0 Å². The third-order valence-corrected chi connectivity index (χ3v) is 4.93.